The Morgan fingerprint density at radius 3 is 2.44 bits per heavy atom. The summed E-state index contributed by atoms with van der Waals surface area (Å²) in [6.45, 7) is 4.02. The van der Waals surface area contributed by atoms with E-state index in [0.717, 1.165) is 6.08 Å². The third-order valence-corrected chi connectivity index (χ3v) is 1.18. The molecule has 9 heavy (non-hydrogen) atoms. The van der Waals surface area contributed by atoms with E-state index in [4.69, 9.17) is 5.11 Å². The molecule has 0 unspecified atom stereocenters. The maximum Gasteiger partial charge on any atom is 0.259 e. The van der Waals surface area contributed by atoms with Crippen LogP contribution in [0.15, 0.2) is 12.7 Å². The molecule has 0 spiro atoms. The Morgan fingerprint density at radius 2 is 2.44 bits per heavy atom. The Kier molecular flexibility index (Phi) is 2.33. The van der Waals surface area contributed by atoms with Crippen LogP contribution in [0.4, 0.5) is 0 Å². The fraction of sp³-hybridized carbons (Fsp3) is 0.600. The van der Waals surface area contributed by atoms with Crippen molar-refractivity contribution in [1.29, 1.82) is 0 Å². The molecule has 0 aromatic carbocycles. The molecule has 0 aromatic rings. The maximum absolute atomic E-state index is 10.1. The van der Waals surface area contributed by atoms with E-state index < -0.39 is 17.1 Å². The zero-order chi connectivity index (χ0) is 7.49. The van der Waals surface area contributed by atoms with Gasteiger partial charge in [-0.25, -0.2) is 0 Å². The van der Waals surface area contributed by atoms with Crippen molar-refractivity contribution >= 4 is 0 Å². The van der Waals surface area contributed by atoms with Crippen molar-refractivity contribution in [3.8, 4) is 0 Å². The third-order valence-electron chi connectivity index (χ3n) is 1.18. The lowest BCUT2D eigenvalue weighted by atomic mass is 10.1. The normalized spacial score (nSPS) is 16.2. The molecule has 4 heteroatoms. The van der Waals surface area contributed by atoms with Gasteiger partial charge >= 0.3 is 0 Å². The van der Waals surface area contributed by atoms with Gasteiger partial charge in [-0.05, 0) is 6.08 Å². The number of aliphatic hydroxyl groups is 1. The van der Waals surface area contributed by atoms with Crippen LogP contribution < -0.4 is 0 Å². The molecule has 0 aromatic heterocycles. The first-order valence-corrected chi connectivity index (χ1v) is 2.46. The van der Waals surface area contributed by atoms with Crippen LogP contribution in [0.5, 0.6) is 0 Å². The van der Waals surface area contributed by atoms with E-state index in [-0.39, 0.29) is 0 Å². The summed E-state index contributed by atoms with van der Waals surface area (Å²) >= 11 is 0. The van der Waals surface area contributed by atoms with Gasteiger partial charge in [-0.15, -0.1) is 0 Å². The zero-order valence-corrected chi connectivity index (χ0v) is 5.20. The maximum atomic E-state index is 10.1. The van der Waals surface area contributed by atoms with Crippen LogP contribution in [0.1, 0.15) is 6.92 Å². The Hall–Kier alpha value is -0.900. The van der Waals surface area contributed by atoms with Gasteiger partial charge in [0.25, 0.3) is 5.54 Å². The zero-order valence-electron chi connectivity index (χ0n) is 5.20. The number of rotatable bonds is 3. The molecule has 0 aliphatic heterocycles. The Bertz CT molecular complexity index is 134. The summed E-state index contributed by atoms with van der Waals surface area (Å²) in [6, 6.07) is 0. The second-order valence-electron chi connectivity index (χ2n) is 1.98. The van der Waals surface area contributed by atoms with Crippen molar-refractivity contribution in [3.63, 3.8) is 0 Å². The minimum absolute atomic E-state index is 0.510. The van der Waals surface area contributed by atoms with Gasteiger partial charge in [0.15, 0.2) is 0 Å². The van der Waals surface area contributed by atoms with Crippen LogP contribution in [0.2, 0.25) is 0 Å². The van der Waals surface area contributed by atoms with Crippen molar-refractivity contribution in [3.05, 3.63) is 22.8 Å². The molecule has 0 aliphatic rings. The highest BCUT2D eigenvalue weighted by molar-refractivity contribution is 4.91. The van der Waals surface area contributed by atoms with Crippen LogP contribution in [-0.4, -0.2) is 22.2 Å². The lowest BCUT2D eigenvalue weighted by molar-refractivity contribution is -0.553. The highest BCUT2D eigenvalue weighted by atomic mass is 16.6. The molecule has 4 nitrogen and oxygen atoms in total. The fourth-order valence-corrected chi connectivity index (χ4v) is 0.197. The molecule has 0 saturated carbocycles. The summed E-state index contributed by atoms with van der Waals surface area (Å²) in [7, 11) is 0. The van der Waals surface area contributed by atoms with Gasteiger partial charge < -0.3 is 5.11 Å². The first-order valence-electron chi connectivity index (χ1n) is 2.46. The van der Waals surface area contributed by atoms with E-state index in [2.05, 4.69) is 6.58 Å². The number of aliphatic hydroxyl groups excluding tert-OH is 1. The largest absolute Gasteiger partial charge is 0.389 e. The molecule has 0 rings (SSSR count). The summed E-state index contributed by atoms with van der Waals surface area (Å²) in [5.74, 6) is 0. The predicted molar refractivity (Wildman–Crippen MR) is 32.7 cm³/mol. The van der Waals surface area contributed by atoms with E-state index in [1.165, 1.54) is 6.92 Å². The highest BCUT2D eigenvalue weighted by Gasteiger charge is 2.31. The van der Waals surface area contributed by atoms with Crippen LogP contribution >= 0.6 is 0 Å². The number of hydrogen-bond donors (Lipinski definition) is 1. The van der Waals surface area contributed by atoms with Crippen molar-refractivity contribution < 1.29 is 10.0 Å². The predicted octanol–water partition coefficient (Wildman–Crippen LogP) is 0.200. The standard InChI is InChI=1S/C5H9NO3/c1-3-5(2,4-7)6(8)9/h3,7H,1,4H2,2H3/t5-/m1/s1. The van der Waals surface area contributed by atoms with Crippen LogP contribution in [0.25, 0.3) is 0 Å². The summed E-state index contributed by atoms with van der Waals surface area (Å²) in [6.07, 6.45) is 1.12. The van der Waals surface area contributed by atoms with Gasteiger partial charge in [0.2, 0.25) is 0 Å². The van der Waals surface area contributed by atoms with Gasteiger partial charge in [-0.1, -0.05) is 6.58 Å². The SMILES string of the molecule is C=C[C@](C)(CO)[N+](=O)[O-]. The van der Waals surface area contributed by atoms with E-state index in [9.17, 15) is 10.1 Å². The molecular weight excluding hydrogens is 122 g/mol. The van der Waals surface area contributed by atoms with Gasteiger partial charge in [-0.3, -0.25) is 10.1 Å². The van der Waals surface area contributed by atoms with Crippen molar-refractivity contribution in [2.24, 2.45) is 0 Å². The molecule has 0 amide bonds. The smallest absolute Gasteiger partial charge is 0.259 e. The van der Waals surface area contributed by atoms with Crippen LogP contribution in [0, 0.1) is 10.1 Å². The van der Waals surface area contributed by atoms with Gasteiger partial charge in [0.1, 0.15) is 6.61 Å². The van der Waals surface area contributed by atoms with Crippen molar-refractivity contribution in [1.82, 2.24) is 0 Å². The quantitative estimate of drug-likeness (QED) is 0.338. The molecular formula is C5H9NO3. The lowest BCUT2D eigenvalue weighted by Gasteiger charge is -2.11. The van der Waals surface area contributed by atoms with Crippen LogP contribution in [-0.2, 0) is 0 Å². The van der Waals surface area contributed by atoms with E-state index in [1.54, 1.807) is 0 Å². The summed E-state index contributed by atoms with van der Waals surface area (Å²) < 4.78 is 0. The molecule has 0 bridgehead atoms. The molecule has 52 valence electrons. The van der Waals surface area contributed by atoms with E-state index >= 15 is 0 Å². The highest BCUT2D eigenvalue weighted by Crippen LogP contribution is 2.07. The average molecular weight is 131 g/mol. The topological polar surface area (TPSA) is 63.4 Å². The monoisotopic (exact) mass is 131 g/mol. The van der Waals surface area contributed by atoms with E-state index in [0.29, 0.717) is 0 Å². The lowest BCUT2D eigenvalue weighted by Crippen LogP contribution is -2.36. The molecule has 0 saturated heterocycles. The van der Waals surface area contributed by atoms with E-state index in [1.807, 2.05) is 0 Å². The molecule has 0 fully saturated rings. The summed E-state index contributed by atoms with van der Waals surface area (Å²) in [5.41, 5.74) is -1.38. The van der Waals surface area contributed by atoms with Gasteiger partial charge in [0, 0.05) is 11.8 Å². The third kappa shape index (κ3) is 1.50. The molecule has 0 heterocycles. The molecule has 1 atom stereocenters. The average Bonchev–Trinajstić information content (AvgIpc) is 1.86. The minimum atomic E-state index is -1.38. The second kappa shape index (κ2) is 2.59. The Balaban J connectivity index is 4.27. The van der Waals surface area contributed by atoms with Gasteiger partial charge in [-0.2, -0.15) is 0 Å². The van der Waals surface area contributed by atoms with Crippen molar-refractivity contribution in [2.45, 2.75) is 12.5 Å². The molecule has 1 N–H and O–H groups in total. The number of hydrogen-bond acceptors (Lipinski definition) is 3. The molecule has 0 aliphatic carbocycles. The number of nitro groups is 1. The second-order valence-corrected chi connectivity index (χ2v) is 1.98. The van der Waals surface area contributed by atoms with Crippen LogP contribution in [0.3, 0.4) is 0 Å². The fourth-order valence-electron chi connectivity index (χ4n) is 0.197. The first-order chi connectivity index (χ1) is 4.06. The molecule has 0 radical (unpaired) electrons. The Morgan fingerprint density at radius 1 is 2.00 bits per heavy atom. The number of nitrogens with zero attached hydrogens (tertiary/aromatic N) is 1. The summed E-state index contributed by atoms with van der Waals surface area (Å²) in [4.78, 5) is 9.49. The summed E-state index contributed by atoms with van der Waals surface area (Å²) in [5, 5.41) is 18.5. The van der Waals surface area contributed by atoms with Gasteiger partial charge in [0.05, 0.1) is 0 Å². The first kappa shape index (κ1) is 8.10. The minimum Gasteiger partial charge on any atom is -0.389 e. The Labute approximate surface area is 53.0 Å². The van der Waals surface area contributed by atoms with Crippen molar-refractivity contribution in [2.75, 3.05) is 6.61 Å².